The lowest BCUT2D eigenvalue weighted by Gasteiger charge is -2.06. The molecule has 0 aromatic heterocycles. The van der Waals surface area contributed by atoms with Gasteiger partial charge in [0.25, 0.3) is 0 Å². The van der Waals surface area contributed by atoms with Crippen LogP contribution in [0.4, 0.5) is 0 Å². The number of amides is 1. The summed E-state index contributed by atoms with van der Waals surface area (Å²) in [4.78, 5) is 24.0. The zero-order valence-corrected chi connectivity index (χ0v) is 14.0. The van der Waals surface area contributed by atoms with E-state index in [1.807, 2.05) is 18.2 Å². The third-order valence-corrected chi connectivity index (χ3v) is 4.27. The lowest BCUT2D eigenvalue weighted by atomic mass is 10.1. The maximum atomic E-state index is 11.8. The smallest absolute Gasteiger partial charge is 0.305 e. The molecule has 0 unspecified atom stereocenters. The number of nitrogens with one attached hydrogen (secondary N) is 1. The van der Waals surface area contributed by atoms with Crippen LogP contribution in [0.3, 0.4) is 0 Å². The molecule has 0 atom stereocenters. The first-order valence-corrected chi connectivity index (χ1v) is 8.71. The Morgan fingerprint density at radius 1 is 1.13 bits per heavy atom. The molecule has 1 amide bonds. The summed E-state index contributed by atoms with van der Waals surface area (Å²) in [5.74, 6) is 0.136. The highest BCUT2D eigenvalue weighted by Crippen LogP contribution is 2.23. The van der Waals surface area contributed by atoms with Crippen molar-refractivity contribution in [2.75, 3.05) is 18.9 Å². The number of carbonyl (C=O) groups is 2. The van der Waals surface area contributed by atoms with Crippen molar-refractivity contribution in [1.29, 1.82) is 0 Å². The van der Waals surface area contributed by atoms with E-state index in [0.29, 0.717) is 31.7 Å². The summed E-state index contributed by atoms with van der Waals surface area (Å²) in [7, 11) is 0. The summed E-state index contributed by atoms with van der Waals surface area (Å²) < 4.78 is 4.83. The number of benzene rings is 2. The largest absolute Gasteiger partial charge is 0.466 e. The molecule has 0 bridgehead atoms. The topological polar surface area (TPSA) is 55.4 Å². The Bertz CT molecular complexity index is 672. The van der Waals surface area contributed by atoms with Crippen molar-refractivity contribution >= 4 is 34.4 Å². The van der Waals surface area contributed by atoms with E-state index in [2.05, 4.69) is 29.6 Å². The van der Waals surface area contributed by atoms with Gasteiger partial charge in [0.05, 0.1) is 12.4 Å². The lowest BCUT2D eigenvalue weighted by Crippen LogP contribution is -2.26. The molecule has 0 aliphatic carbocycles. The molecule has 0 radical (unpaired) electrons. The van der Waals surface area contributed by atoms with Crippen molar-refractivity contribution in [2.45, 2.75) is 24.7 Å². The third-order valence-electron chi connectivity index (χ3n) is 3.28. The minimum Gasteiger partial charge on any atom is -0.466 e. The van der Waals surface area contributed by atoms with Crippen molar-refractivity contribution in [3.8, 4) is 0 Å². The van der Waals surface area contributed by atoms with Gasteiger partial charge in [-0.15, -0.1) is 11.8 Å². The Kier molecular flexibility index (Phi) is 6.94. The van der Waals surface area contributed by atoms with Gasteiger partial charge in [0.15, 0.2) is 0 Å². The quantitative estimate of drug-likeness (QED) is 0.458. The highest BCUT2D eigenvalue weighted by molar-refractivity contribution is 8.00. The average molecular weight is 331 g/mol. The van der Waals surface area contributed by atoms with Gasteiger partial charge in [0.2, 0.25) is 5.91 Å². The Labute approximate surface area is 140 Å². The van der Waals surface area contributed by atoms with Gasteiger partial charge in [-0.25, -0.2) is 0 Å². The Morgan fingerprint density at radius 3 is 2.70 bits per heavy atom. The van der Waals surface area contributed by atoms with Gasteiger partial charge in [-0.1, -0.05) is 30.3 Å². The van der Waals surface area contributed by atoms with E-state index in [1.54, 1.807) is 6.92 Å². The van der Waals surface area contributed by atoms with Crippen molar-refractivity contribution in [3.63, 3.8) is 0 Å². The maximum Gasteiger partial charge on any atom is 0.305 e. The van der Waals surface area contributed by atoms with Gasteiger partial charge in [-0.3, -0.25) is 9.59 Å². The molecule has 1 N–H and O–H groups in total. The highest BCUT2D eigenvalue weighted by atomic mass is 32.2. The van der Waals surface area contributed by atoms with E-state index in [0.717, 1.165) is 4.90 Å². The number of rotatable bonds is 8. The highest BCUT2D eigenvalue weighted by Gasteiger charge is 2.05. The van der Waals surface area contributed by atoms with Crippen LogP contribution in [0.15, 0.2) is 47.4 Å². The molecule has 122 valence electrons. The summed E-state index contributed by atoms with van der Waals surface area (Å²) in [5, 5.41) is 5.19. The number of thioether (sulfide) groups is 1. The van der Waals surface area contributed by atoms with E-state index < -0.39 is 0 Å². The van der Waals surface area contributed by atoms with Gasteiger partial charge in [0.1, 0.15) is 0 Å². The summed E-state index contributed by atoms with van der Waals surface area (Å²) in [6.07, 6.45) is 0.942. The van der Waals surface area contributed by atoms with Crippen LogP contribution in [0.5, 0.6) is 0 Å². The number of fused-ring (bicyclic) bond motifs is 1. The zero-order chi connectivity index (χ0) is 16.5. The molecule has 0 heterocycles. The molecule has 2 aromatic rings. The van der Waals surface area contributed by atoms with Crippen molar-refractivity contribution in [2.24, 2.45) is 0 Å². The van der Waals surface area contributed by atoms with Crippen LogP contribution in [0.1, 0.15) is 19.8 Å². The Balaban J connectivity index is 1.70. The molecule has 0 aliphatic heterocycles. The van der Waals surface area contributed by atoms with Gasteiger partial charge in [0, 0.05) is 17.9 Å². The lowest BCUT2D eigenvalue weighted by molar-refractivity contribution is -0.143. The SMILES string of the molecule is CCOC(=O)CCCNC(=O)CSc1ccc2ccccc2c1. The fourth-order valence-electron chi connectivity index (χ4n) is 2.15. The minimum atomic E-state index is -0.215. The molecule has 5 heteroatoms. The average Bonchev–Trinajstić information content (AvgIpc) is 2.57. The van der Waals surface area contributed by atoms with Gasteiger partial charge < -0.3 is 10.1 Å². The van der Waals surface area contributed by atoms with Gasteiger partial charge >= 0.3 is 5.97 Å². The Morgan fingerprint density at radius 2 is 1.91 bits per heavy atom. The van der Waals surface area contributed by atoms with Crippen molar-refractivity contribution < 1.29 is 14.3 Å². The van der Waals surface area contributed by atoms with Gasteiger partial charge in [-0.05, 0) is 36.2 Å². The zero-order valence-electron chi connectivity index (χ0n) is 13.2. The van der Waals surface area contributed by atoms with Crippen LogP contribution in [0.25, 0.3) is 10.8 Å². The molecule has 0 saturated heterocycles. The van der Waals surface area contributed by atoms with Crippen LogP contribution in [0, 0.1) is 0 Å². The number of esters is 1. The molecule has 0 spiro atoms. The standard InChI is InChI=1S/C18H21NO3S/c1-2-22-18(21)8-5-11-19-17(20)13-23-16-10-9-14-6-3-4-7-15(14)12-16/h3-4,6-7,9-10,12H,2,5,8,11,13H2,1H3,(H,19,20). The van der Waals surface area contributed by atoms with E-state index in [9.17, 15) is 9.59 Å². The van der Waals surface area contributed by atoms with E-state index >= 15 is 0 Å². The summed E-state index contributed by atoms with van der Waals surface area (Å²) in [5.41, 5.74) is 0. The molecular formula is C18H21NO3S. The van der Waals surface area contributed by atoms with Crippen molar-refractivity contribution in [3.05, 3.63) is 42.5 Å². The van der Waals surface area contributed by atoms with Crippen LogP contribution in [0.2, 0.25) is 0 Å². The predicted molar refractivity (Wildman–Crippen MR) is 93.5 cm³/mol. The van der Waals surface area contributed by atoms with E-state index in [-0.39, 0.29) is 11.9 Å². The number of carbonyl (C=O) groups excluding carboxylic acids is 2. The first-order chi connectivity index (χ1) is 11.2. The number of hydrogen-bond donors (Lipinski definition) is 1. The Hall–Kier alpha value is -2.01. The summed E-state index contributed by atoms with van der Waals surface area (Å²) >= 11 is 1.51. The molecule has 0 aliphatic rings. The second-order valence-electron chi connectivity index (χ2n) is 5.06. The molecular weight excluding hydrogens is 310 g/mol. The fraction of sp³-hybridized carbons (Fsp3) is 0.333. The molecule has 0 fully saturated rings. The first-order valence-electron chi connectivity index (χ1n) is 7.73. The fourth-order valence-corrected chi connectivity index (χ4v) is 2.93. The van der Waals surface area contributed by atoms with Crippen LogP contribution >= 0.6 is 11.8 Å². The summed E-state index contributed by atoms with van der Waals surface area (Å²) in [6.45, 7) is 2.67. The van der Waals surface area contributed by atoms with E-state index in [1.165, 1.54) is 22.5 Å². The summed E-state index contributed by atoms with van der Waals surface area (Å²) in [6, 6.07) is 14.3. The number of ether oxygens (including phenoxy) is 1. The second-order valence-corrected chi connectivity index (χ2v) is 6.10. The maximum absolute atomic E-state index is 11.8. The van der Waals surface area contributed by atoms with Gasteiger partial charge in [-0.2, -0.15) is 0 Å². The van der Waals surface area contributed by atoms with Crippen LogP contribution in [-0.4, -0.2) is 30.8 Å². The first kappa shape index (κ1) is 17.3. The monoisotopic (exact) mass is 331 g/mol. The molecule has 23 heavy (non-hydrogen) atoms. The predicted octanol–water partition coefficient (Wildman–Crippen LogP) is 3.39. The molecule has 2 aromatic carbocycles. The third kappa shape index (κ3) is 5.94. The molecule has 2 rings (SSSR count). The van der Waals surface area contributed by atoms with E-state index in [4.69, 9.17) is 4.74 Å². The van der Waals surface area contributed by atoms with Crippen LogP contribution < -0.4 is 5.32 Å². The minimum absolute atomic E-state index is 0.0213. The van der Waals surface area contributed by atoms with Crippen LogP contribution in [-0.2, 0) is 14.3 Å². The molecule has 0 saturated carbocycles. The number of hydrogen-bond acceptors (Lipinski definition) is 4. The van der Waals surface area contributed by atoms with Crippen molar-refractivity contribution in [1.82, 2.24) is 5.32 Å². The molecule has 4 nitrogen and oxygen atoms in total. The normalized spacial score (nSPS) is 10.5. The second kappa shape index (κ2) is 9.20.